The van der Waals surface area contributed by atoms with E-state index in [9.17, 15) is 13.2 Å². The van der Waals surface area contributed by atoms with E-state index in [0.29, 0.717) is 31.0 Å². The van der Waals surface area contributed by atoms with Crippen LogP contribution in [0.4, 0.5) is 13.2 Å². The Labute approximate surface area is 166 Å². The van der Waals surface area contributed by atoms with Gasteiger partial charge in [-0.05, 0) is 30.2 Å². The van der Waals surface area contributed by atoms with Gasteiger partial charge in [0.25, 0.3) is 0 Å². The average Bonchev–Trinajstić information content (AvgIpc) is 2.70. The van der Waals surface area contributed by atoms with E-state index in [4.69, 9.17) is 19.9 Å². The Hall–Kier alpha value is -3.17. The summed E-state index contributed by atoms with van der Waals surface area (Å²) >= 11 is 0. The number of hydrogen-bond donors (Lipinski definition) is 2. The number of ether oxygens (including phenoxy) is 3. The highest BCUT2D eigenvalue weighted by molar-refractivity contribution is 5.77. The summed E-state index contributed by atoms with van der Waals surface area (Å²) in [7, 11) is 3.15. The second kappa shape index (κ2) is 10.4. The third kappa shape index (κ3) is 7.05. The Morgan fingerprint density at radius 1 is 1.14 bits per heavy atom. The van der Waals surface area contributed by atoms with Crippen molar-refractivity contribution in [2.75, 3.05) is 33.9 Å². The molecule has 3 N–H and O–H groups in total. The second-order valence-electron chi connectivity index (χ2n) is 5.86. The molecule has 2 aromatic rings. The average molecular weight is 412 g/mol. The molecular formula is C19H23F3N4O3. The van der Waals surface area contributed by atoms with Crippen LogP contribution >= 0.6 is 0 Å². The predicted molar refractivity (Wildman–Crippen MR) is 102 cm³/mol. The van der Waals surface area contributed by atoms with Crippen molar-refractivity contribution in [1.29, 1.82) is 0 Å². The minimum absolute atomic E-state index is 0.101. The first-order chi connectivity index (χ1) is 13.8. The molecule has 0 saturated heterocycles. The van der Waals surface area contributed by atoms with Gasteiger partial charge < -0.3 is 25.3 Å². The van der Waals surface area contributed by atoms with E-state index in [2.05, 4.69) is 15.3 Å². The third-order valence-electron chi connectivity index (χ3n) is 3.85. The maximum atomic E-state index is 12.5. The number of rotatable bonds is 9. The fourth-order valence-corrected chi connectivity index (χ4v) is 2.37. The van der Waals surface area contributed by atoms with Gasteiger partial charge in [-0.3, -0.25) is 4.99 Å². The smallest absolute Gasteiger partial charge is 0.417 e. The van der Waals surface area contributed by atoms with Gasteiger partial charge in [0, 0.05) is 18.8 Å². The highest BCUT2D eigenvalue weighted by atomic mass is 19.4. The number of aliphatic imine (C=N–C) groups is 1. The zero-order valence-electron chi connectivity index (χ0n) is 16.1. The zero-order chi connectivity index (χ0) is 21.3. The van der Waals surface area contributed by atoms with E-state index in [0.717, 1.165) is 17.8 Å². The highest BCUT2D eigenvalue weighted by Crippen LogP contribution is 2.29. The summed E-state index contributed by atoms with van der Waals surface area (Å²) in [6, 6.07) is 7.71. The van der Waals surface area contributed by atoms with E-state index >= 15 is 0 Å². The zero-order valence-corrected chi connectivity index (χ0v) is 16.1. The minimum Gasteiger partial charge on any atom is -0.493 e. The van der Waals surface area contributed by atoms with Crippen molar-refractivity contribution in [3.63, 3.8) is 0 Å². The number of nitrogens with two attached hydrogens (primary N) is 1. The first-order valence-corrected chi connectivity index (χ1v) is 8.74. The van der Waals surface area contributed by atoms with E-state index in [1.165, 1.54) is 6.07 Å². The molecule has 29 heavy (non-hydrogen) atoms. The maximum Gasteiger partial charge on any atom is 0.417 e. The Balaban J connectivity index is 1.71. The lowest BCUT2D eigenvalue weighted by Crippen LogP contribution is -2.35. The summed E-state index contributed by atoms with van der Waals surface area (Å²) in [5.41, 5.74) is 5.98. The molecule has 1 aromatic heterocycles. The molecule has 158 valence electrons. The number of guanidine groups is 1. The SMILES string of the molecule is COc1ccc(CCN=C(N)NCCOc2ccc(C(F)(F)F)cn2)cc1OC. The van der Waals surface area contributed by atoms with Gasteiger partial charge in [0.2, 0.25) is 5.88 Å². The quantitative estimate of drug-likeness (QED) is 0.374. The van der Waals surface area contributed by atoms with Crippen molar-refractivity contribution in [3.05, 3.63) is 47.7 Å². The lowest BCUT2D eigenvalue weighted by Gasteiger charge is -2.10. The molecule has 0 amide bonds. The summed E-state index contributed by atoms with van der Waals surface area (Å²) in [5.74, 6) is 1.65. The lowest BCUT2D eigenvalue weighted by molar-refractivity contribution is -0.137. The standard InChI is InChI=1S/C19H23F3N4O3/c1-27-15-5-3-13(11-16(15)28-2)7-8-24-18(23)25-9-10-29-17-6-4-14(12-26-17)19(20,21)22/h3-6,11-12H,7-10H2,1-2H3,(H3,23,24,25). The fourth-order valence-electron chi connectivity index (χ4n) is 2.37. The van der Waals surface area contributed by atoms with Gasteiger partial charge in [0.05, 0.1) is 26.3 Å². The van der Waals surface area contributed by atoms with Crippen LogP contribution in [0.5, 0.6) is 17.4 Å². The Morgan fingerprint density at radius 3 is 2.52 bits per heavy atom. The molecule has 2 rings (SSSR count). The van der Waals surface area contributed by atoms with Crippen LogP contribution in [0, 0.1) is 0 Å². The molecule has 7 nitrogen and oxygen atoms in total. The predicted octanol–water partition coefficient (Wildman–Crippen LogP) is 2.64. The van der Waals surface area contributed by atoms with Crippen molar-refractivity contribution >= 4 is 5.96 Å². The number of nitrogens with zero attached hydrogens (tertiary/aromatic N) is 2. The number of methoxy groups -OCH3 is 2. The lowest BCUT2D eigenvalue weighted by atomic mass is 10.1. The Bertz CT molecular complexity index is 811. The van der Waals surface area contributed by atoms with E-state index in [1.54, 1.807) is 14.2 Å². The van der Waals surface area contributed by atoms with Crippen LogP contribution in [-0.4, -0.2) is 44.9 Å². The number of pyridine rings is 1. The van der Waals surface area contributed by atoms with E-state index in [1.807, 2.05) is 18.2 Å². The molecule has 0 fully saturated rings. The maximum absolute atomic E-state index is 12.5. The number of aromatic nitrogens is 1. The molecule has 0 aliphatic rings. The van der Waals surface area contributed by atoms with Crippen molar-refractivity contribution in [1.82, 2.24) is 10.3 Å². The second-order valence-corrected chi connectivity index (χ2v) is 5.86. The Morgan fingerprint density at radius 2 is 1.90 bits per heavy atom. The molecule has 0 aliphatic heterocycles. The molecule has 0 bridgehead atoms. The van der Waals surface area contributed by atoms with Gasteiger partial charge in [-0.1, -0.05) is 6.07 Å². The van der Waals surface area contributed by atoms with Gasteiger partial charge in [0.1, 0.15) is 6.61 Å². The van der Waals surface area contributed by atoms with Gasteiger partial charge in [0.15, 0.2) is 17.5 Å². The van der Waals surface area contributed by atoms with Gasteiger partial charge in [-0.2, -0.15) is 13.2 Å². The molecule has 1 aromatic carbocycles. The number of hydrogen-bond acceptors (Lipinski definition) is 5. The monoisotopic (exact) mass is 412 g/mol. The summed E-state index contributed by atoms with van der Waals surface area (Å²) in [4.78, 5) is 7.84. The van der Waals surface area contributed by atoms with Gasteiger partial charge in [-0.25, -0.2) is 4.98 Å². The molecule has 0 radical (unpaired) electrons. The molecule has 0 aliphatic carbocycles. The van der Waals surface area contributed by atoms with Crippen molar-refractivity contribution in [3.8, 4) is 17.4 Å². The first kappa shape index (κ1) is 22.1. The van der Waals surface area contributed by atoms with Crippen molar-refractivity contribution < 1.29 is 27.4 Å². The largest absolute Gasteiger partial charge is 0.493 e. The van der Waals surface area contributed by atoms with Crippen molar-refractivity contribution in [2.45, 2.75) is 12.6 Å². The van der Waals surface area contributed by atoms with E-state index < -0.39 is 11.7 Å². The Kier molecular flexibility index (Phi) is 7.93. The normalized spacial score (nSPS) is 11.8. The van der Waals surface area contributed by atoms with E-state index in [-0.39, 0.29) is 18.4 Å². The van der Waals surface area contributed by atoms with Gasteiger partial charge >= 0.3 is 6.18 Å². The number of benzene rings is 1. The third-order valence-corrected chi connectivity index (χ3v) is 3.85. The molecular weight excluding hydrogens is 389 g/mol. The van der Waals surface area contributed by atoms with Crippen LogP contribution < -0.4 is 25.3 Å². The first-order valence-electron chi connectivity index (χ1n) is 8.74. The summed E-state index contributed by atoms with van der Waals surface area (Å²) < 4.78 is 53.1. The number of halogens is 3. The van der Waals surface area contributed by atoms with Crippen LogP contribution in [0.2, 0.25) is 0 Å². The summed E-state index contributed by atoms with van der Waals surface area (Å²) in [5, 5.41) is 2.87. The molecule has 10 heteroatoms. The van der Waals surface area contributed by atoms with Crippen LogP contribution in [0.15, 0.2) is 41.5 Å². The molecule has 1 heterocycles. The molecule has 0 saturated carbocycles. The van der Waals surface area contributed by atoms with Crippen LogP contribution in [0.1, 0.15) is 11.1 Å². The van der Waals surface area contributed by atoms with Crippen LogP contribution in [0.25, 0.3) is 0 Å². The number of nitrogens with one attached hydrogen (secondary N) is 1. The highest BCUT2D eigenvalue weighted by Gasteiger charge is 2.30. The van der Waals surface area contributed by atoms with Crippen LogP contribution in [0.3, 0.4) is 0 Å². The van der Waals surface area contributed by atoms with Crippen molar-refractivity contribution in [2.24, 2.45) is 10.7 Å². The topological polar surface area (TPSA) is 91.0 Å². The summed E-state index contributed by atoms with van der Waals surface area (Å²) in [6.45, 7) is 0.967. The molecule has 0 unspecified atom stereocenters. The minimum atomic E-state index is -4.42. The molecule has 0 spiro atoms. The molecule has 0 atom stereocenters. The van der Waals surface area contributed by atoms with Gasteiger partial charge in [-0.15, -0.1) is 0 Å². The summed E-state index contributed by atoms with van der Waals surface area (Å²) in [6.07, 6.45) is -3.03. The fraction of sp³-hybridized carbons (Fsp3) is 0.368. The number of alkyl halides is 3. The van der Waals surface area contributed by atoms with Crippen LogP contribution in [-0.2, 0) is 12.6 Å².